The number of hydrogen-bond acceptors (Lipinski definition) is 2. The van der Waals surface area contributed by atoms with Crippen LogP contribution in [-0.4, -0.2) is 30.9 Å². The van der Waals surface area contributed by atoms with Crippen molar-refractivity contribution in [2.24, 2.45) is 23.5 Å². The Kier molecular flexibility index (Phi) is 8.23. The zero-order chi connectivity index (χ0) is 13.4. The summed E-state index contributed by atoms with van der Waals surface area (Å²) in [7, 11) is 1.90. The zero-order valence-electron chi connectivity index (χ0n) is 12.2. The van der Waals surface area contributed by atoms with Crippen molar-refractivity contribution in [2.45, 2.75) is 47.0 Å². The van der Waals surface area contributed by atoms with Crippen LogP contribution >= 0.6 is 0 Å². The number of nitrogens with two attached hydrogens (primary N) is 1. The highest BCUT2D eigenvalue weighted by Gasteiger charge is 2.16. The lowest BCUT2D eigenvalue weighted by molar-refractivity contribution is -0.131. The Labute approximate surface area is 107 Å². The molecule has 0 bridgehead atoms. The standard InChI is InChI=1S/C14H30N2O/c1-11(2)6-7-16(5)14(17)9-13(10-15)8-12(3)4/h11-13H,6-10,15H2,1-5H3. The van der Waals surface area contributed by atoms with Gasteiger partial charge in [0.1, 0.15) is 0 Å². The SMILES string of the molecule is CC(C)CCN(C)C(=O)CC(CN)CC(C)C. The minimum absolute atomic E-state index is 0.238. The first kappa shape index (κ1) is 16.4. The molecule has 0 fully saturated rings. The predicted molar refractivity (Wildman–Crippen MR) is 73.7 cm³/mol. The van der Waals surface area contributed by atoms with Crippen LogP contribution in [0.3, 0.4) is 0 Å². The van der Waals surface area contributed by atoms with E-state index < -0.39 is 0 Å². The van der Waals surface area contributed by atoms with E-state index >= 15 is 0 Å². The van der Waals surface area contributed by atoms with E-state index in [1.807, 2.05) is 11.9 Å². The molecule has 3 heteroatoms. The van der Waals surface area contributed by atoms with Gasteiger partial charge >= 0.3 is 0 Å². The topological polar surface area (TPSA) is 46.3 Å². The van der Waals surface area contributed by atoms with E-state index in [9.17, 15) is 4.79 Å². The van der Waals surface area contributed by atoms with Gasteiger partial charge in [-0.3, -0.25) is 4.79 Å². The second-order valence-electron chi connectivity index (χ2n) is 5.93. The Morgan fingerprint density at radius 3 is 2.18 bits per heavy atom. The maximum atomic E-state index is 12.0. The molecule has 1 amide bonds. The summed E-state index contributed by atoms with van der Waals surface area (Å²) in [6, 6.07) is 0. The van der Waals surface area contributed by atoms with Gasteiger partial charge in [-0.15, -0.1) is 0 Å². The zero-order valence-corrected chi connectivity index (χ0v) is 12.2. The summed E-state index contributed by atoms with van der Waals surface area (Å²) in [4.78, 5) is 13.8. The summed E-state index contributed by atoms with van der Waals surface area (Å²) in [5.41, 5.74) is 5.72. The number of rotatable bonds is 8. The molecule has 0 aromatic carbocycles. The molecule has 0 saturated carbocycles. The predicted octanol–water partition coefficient (Wildman–Crippen LogP) is 2.50. The number of amides is 1. The van der Waals surface area contributed by atoms with Gasteiger partial charge in [0.2, 0.25) is 5.91 Å². The molecule has 0 aliphatic carbocycles. The molecule has 1 unspecified atom stereocenters. The van der Waals surface area contributed by atoms with Crippen LogP contribution < -0.4 is 5.73 Å². The van der Waals surface area contributed by atoms with E-state index in [1.54, 1.807) is 0 Å². The first-order valence-electron chi connectivity index (χ1n) is 6.80. The summed E-state index contributed by atoms with van der Waals surface area (Å²) in [6.07, 6.45) is 2.71. The fourth-order valence-corrected chi connectivity index (χ4v) is 1.91. The van der Waals surface area contributed by atoms with Crippen molar-refractivity contribution in [3.05, 3.63) is 0 Å². The van der Waals surface area contributed by atoms with Crippen molar-refractivity contribution < 1.29 is 4.79 Å². The van der Waals surface area contributed by atoms with Crippen molar-refractivity contribution in [1.29, 1.82) is 0 Å². The third-order valence-corrected chi connectivity index (χ3v) is 3.07. The van der Waals surface area contributed by atoms with E-state index in [1.165, 1.54) is 0 Å². The van der Waals surface area contributed by atoms with Crippen molar-refractivity contribution in [3.63, 3.8) is 0 Å². The van der Waals surface area contributed by atoms with Crippen LogP contribution in [0.15, 0.2) is 0 Å². The fourth-order valence-electron chi connectivity index (χ4n) is 1.91. The van der Waals surface area contributed by atoms with Crippen LogP contribution in [0, 0.1) is 17.8 Å². The molecule has 0 aliphatic heterocycles. The molecular formula is C14H30N2O. The Bertz CT molecular complexity index is 214. The van der Waals surface area contributed by atoms with Crippen LogP contribution in [0.2, 0.25) is 0 Å². The molecule has 0 aliphatic rings. The van der Waals surface area contributed by atoms with Gasteiger partial charge in [0.05, 0.1) is 0 Å². The van der Waals surface area contributed by atoms with Crippen molar-refractivity contribution in [3.8, 4) is 0 Å². The molecule has 0 saturated heterocycles. The minimum atomic E-state index is 0.238. The second-order valence-corrected chi connectivity index (χ2v) is 5.93. The highest BCUT2D eigenvalue weighted by Crippen LogP contribution is 2.15. The summed E-state index contributed by atoms with van der Waals surface area (Å²) >= 11 is 0. The highest BCUT2D eigenvalue weighted by atomic mass is 16.2. The Morgan fingerprint density at radius 1 is 1.18 bits per heavy atom. The lowest BCUT2D eigenvalue weighted by atomic mass is 9.94. The average molecular weight is 242 g/mol. The van der Waals surface area contributed by atoms with Crippen LogP contribution in [0.1, 0.15) is 47.0 Å². The molecule has 0 spiro atoms. The van der Waals surface area contributed by atoms with Gasteiger partial charge in [-0.05, 0) is 37.1 Å². The summed E-state index contributed by atoms with van der Waals surface area (Å²) in [5, 5.41) is 0. The Hall–Kier alpha value is -0.570. The second kappa shape index (κ2) is 8.51. The Balaban J connectivity index is 4.03. The number of nitrogens with zero attached hydrogens (tertiary/aromatic N) is 1. The van der Waals surface area contributed by atoms with Gasteiger partial charge in [0.15, 0.2) is 0 Å². The number of hydrogen-bond donors (Lipinski definition) is 1. The highest BCUT2D eigenvalue weighted by molar-refractivity contribution is 5.76. The first-order chi connectivity index (χ1) is 7.86. The molecule has 17 heavy (non-hydrogen) atoms. The Morgan fingerprint density at radius 2 is 1.76 bits per heavy atom. The molecule has 0 radical (unpaired) electrons. The van der Waals surface area contributed by atoms with Crippen LogP contribution in [0.5, 0.6) is 0 Å². The molecule has 3 nitrogen and oxygen atoms in total. The van der Waals surface area contributed by atoms with E-state index in [4.69, 9.17) is 5.73 Å². The van der Waals surface area contributed by atoms with Crippen LogP contribution in [0.25, 0.3) is 0 Å². The maximum Gasteiger partial charge on any atom is 0.222 e. The molecule has 0 aromatic heterocycles. The summed E-state index contributed by atoms with van der Waals surface area (Å²) < 4.78 is 0. The van der Waals surface area contributed by atoms with Gasteiger partial charge in [0, 0.05) is 20.0 Å². The molecule has 0 aromatic rings. The van der Waals surface area contributed by atoms with Gasteiger partial charge in [0.25, 0.3) is 0 Å². The summed E-state index contributed by atoms with van der Waals surface area (Å²) in [6.45, 7) is 10.2. The average Bonchev–Trinajstić information content (AvgIpc) is 2.23. The smallest absolute Gasteiger partial charge is 0.222 e. The summed E-state index contributed by atoms with van der Waals surface area (Å²) in [5.74, 6) is 1.83. The van der Waals surface area contributed by atoms with E-state index in [0.29, 0.717) is 30.7 Å². The lowest BCUT2D eigenvalue weighted by Gasteiger charge is -2.22. The van der Waals surface area contributed by atoms with Crippen molar-refractivity contribution >= 4 is 5.91 Å². The van der Waals surface area contributed by atoms with Gasteiger partial charge in [-0.25, -0.2) is 0 Å². The van der Waals surface area contributed by atoms with Crippen molar-refractivity contribution in [2.75, 3.05) is 20.1 Å². The molecule has 1 atom stereocenters. The molecule has 0 heterocycles. The number of carbonyl (C=O) groups is 1. The van der Waals surface area contributed by atoms with Crippen molar-refractivity contribution in [1.82, 2.24) is 4.90 Å². The third kappa shape index (κ3) is 8.19. The third-order valence-electron chi connectivity index (χ3n) is 3.07. The van der Waals surface area contributed by atoms with Crippen LogP contribution in [0.4, 0.5) is 0 Å². The number of carbonyl (C=O) groups excluding carboxylic acids is 1. The molecule has 0 rings (SSSR count). The molecule has 102 valence electrons. The fraction of sp³-hybridized carbons (Fsp3) is 0.929. The molecular weight excluding hydrogens is 212 g/mol. The first-order valence-corrected chi connectivity index (χ1v) is 6.80. The minimum Gasteiger partial charge on any atom is -0.346 e. The lowest BCUT2D eigenvalue weighted by Crippen LogP contribution is -2.32. The van der Waals surface area contributed by atoms with Gasteiger partial charge < -0.3 is 10.6 Å². The van der Waals surface area contributed by atoms with E-state index in [2.05, 4.69) is 27.7 Å². The quantitative estimate of drug-likeness (QED) is 0.711. The normalized spacial score (nSPS) is 13.2. The van der Waals surface area contributed by atoms with Crippen LogP contribution in [-0.2, 0) is 4.79 Å². The van der Waals surface area contributed by atoms with Gasteiger partial charge in [-0.1, -0.05) is 27.7 Å². The maximum absolute atomic E-state index is 12.0. The van der Waals surface area contributed by atoms with E-state index in [-0.39, 0.29) is 5.91 Å². The largest absolute Gasteiger partial charge is 0.346 e. The van der Waals surface area contributed by atoms with E-state index in [0.717, 1.165) is 19.4 Å². The monoisotopic (exact) mass is 242 g/mol. The molecule has 2 N–H and O–H groups in total. The van der Waals surface area contributed by atoms with Gasteiger partial charge in [-0.2, -0.15) is 0 Å².